The summed E-state index contributed by atoms with van der Waals surface area (Å²) < 4.78 is 0. The van der Waals surface area contributed by atoms with E-state index in [9.17, 15) is 9.59 Å². The van der Waals surface area contributed by atoms with E-state index < -0.39 is 0 Å². The van der Waals surface area contributed by atoms with Gasteiger partial charge in [-0.1, -0.05) is 12.1 Å². The first-order valence-corrected chi connectivity index (χ1v) is 8.73. The Morgan fingerprint density at radius 2 is 1.83 bits per heavy atom. The highest BCUT2D eigenvalue weighted by Gasteiger charge is 2.25. The van der Waals surface area contributed by atoms with E-state index in [4.69, 9.17) is 0 Å². The fourth-order valence-electron chi connectivity index (χ4n) is 2.90. The number of nitrogens with zero attached hydrogens (tertiary/aromatic N) is 2. The van der Waals surface area contributed by atoms with Gasteiger partial charge < -0.3 is 20.4 Å². The van der Waals surface area contributed by atoms with Gasteiger partial charge in [-0.05, 0) is 49.9 Å². The van der Waals surface area contributed by atoms with Crippen LogP contribution in [-0.2, 0) is 4.79 Å². The molecule has 0 unspecified atom stereocenters. The van der Waals surface area contributed by atoms with Crippen molar-refractivity contribution in [3.05, 3.63) is 29.8 Å². The van der Waals surface area contributed by atoms with Gasteiger partial charge in [0.25, 0.3) is 0 Å². The van der Waals surface area contributed by atoms with E-state index in [1.165, 1.54) is 12.8 Å². The molecular weight excluding hydrogens is 304 g/mol. The molecular formula is C18H26N4O2. The molecule has 6 heteroatoms. The van der Waals surface area contributed by atoms with E-state index in [0.29, 0.717) is 32.7 Å². The lowest BCUT2D eigenvalue weighted by Crippen LogP contribution is -2.53. The van der Waals surface area contributed by atoms with Crippen LogP contribution in [0.5, 0.6) is 0 Å². The fourth-order valence-corrected chi connectivity index (χ4v) is 2.90. The molecule has 2 fully saturated rings. The standard InChI is InChI=1S/C18H26N4O2/c1-14-3-2-4-16(11-14)20-18(24)22-9-7-21(8-10-22)17(23)13-19-12-15-5-6-15/h2-4,11,15,19H,5-10,12-13H2,1H3,(H,20,24). The number of anilines is 1. The second-order valence-electron chi connectivity index (χ2n) is 6.74. The van der Waals surface area contributed by atoms with Crippen molar-refractivity contribution >= 4 is 17.6 Å². The van der Waals surface area contributed by atoms with Crippen molar-refractivity contribution in [2.24, 2.45) is 5.92 Å². The second-order valence-corrected chi connectivity index (χ2v) is 6.74. The van der Waals surface area contributed by atoms with Gasteiger partial charge in [0, 0.05) is 31.9 Å². The van der Waals surface area contributed by atoms with Crippen LogP contribution in [0.25, 0.3) is 0 Å². The molecule has 0 spiro atoms. The number of rotatable bonds is 5. The number of benzene rings is 1. The van der Waals surface area contributed by atoms with Crippen LogP contribution in [0.4, 0.5) is 10.5 Å². The van der Waals surface area contributed by atoms with Crippen molar-refractivity contribution in [1.82, 2.24) is 15.1 Å². The van der Waals surface area contributed by atoms with Gasteiger partial charge in [0.15, 0.2) is 0 Å². The summed E-state index contributed by atoms with van der Waals surface area (Å²) >= 11 is 0. The first-order valence-electron chi connectivity index (χ1n) is 8.73. The molecule has 130 valence electrons. The van der Waals surface area contributed by atoms with Crippen LogP contribution in [0.15, 0.2) is 24.3 Å². The molecule has 2 aliphatic rings. The Labute approximate surface area is 143 Å². The van der Waals surface area contributed by atoms with Crippen LogP contribution >= 0.6 is 0 Å². The van der Waals surface area contributed by atoms with Gasteiger partial charge in [-0.3, -0.25) is 4.79 Å². The van der Waals surface area contributed by atoms with E-state index in [0.717, 1.165) is 23.7 Å². The highest BCUT2D eigenvalue weighted by Crippen LogP contribution is 2.27. The molecule has 1 saturated heterocycles. The monoisotopic (exact) mass is 330 g/mol. The van der Waals surface area contributed by atoms with E-state index in [1.807, 2.05) is 36.1 Å². The number of carbonyl (C=O) groups excluding carboxylic acids is 2. The van der Waals surface area contributed by atoms with Crippen molar-refractivity contribution in [2.45, 2.75) is 19.8 Å². The molecule has 1 saturated carbocycles. The summed E-state index contributed by atoms with van der Waals surface area (Å²) in [4.78, 5) is 28.1. The number of amides is 3. The van der Waals surface area contributed by atoms with Crippen molar-refractivity contribution < 1.29 is 9.59 Å². The molecule has 1 aliphatic heterocycles. The van der Waals surface area contributed by atoms with Crippen molar-refractivity contribution in [2.75, 3.05) is 44.6 Å². The van der Waals surface area contributed by atoms with Gasteiger partial charge >= 0.3 is 6.03 Å². The zero-order valence-corrected chi connectivity index (χ0v) is 14.3. The first-order chi connectivity index (χ1) is 11.6. The lowest BCUT2D eigenvalue weighted by molar-refractivity contribution is -0.131. The molecule has 1 aromatic carbocycles. The molecule has 6 nitrogen and oxygen atoms in total. The van der Waals surface area contributed by atoms with Crippen LogP contribution in [0, 0.1) is 12.8 Å². The minimum atomic E-state index is -0.0976. The van der Waals surface area contributed by atoms with E-state index in [1.54, 1.807) is 4.90 Å². The van der Waals surface area contributed by atoms with Crippen LogP contribution in [-0.4, -0.2) is 61.0 Å². The minimum Gasteiger partial charge on any atom is -0.338 e. The smallest absolute Gasteiger partial charge is 0.321 e. The lowest BCUT2D eigenvalue weighted by atomic mass is 10.2. The third-order valence-electron chi connectivity index (χ3n) is 4.60. The lowest BCUT2D eigenvalue weighted by Gasteiger charge is -2.34. The fraction of sp³-hybridized carbons (Fsp3) is 0.556. The van der Waals surface area contributed by atoms with Crippen LogP contribution < -0.4 is 10.6 Å². The number of urea groups is 1. The van der Waals surface area contributed by atoms with Gasteiger partial charge in [-0.15, -0.1) is 0 Å². The summed E-state index contributed by atoms with van der Waals surface area (Å²) in [5.74, 6) is 0.911. The zero-order chi connectivity index (χ0) is 16.9. The van der Waals surface area contributed by atoms with Crippen LogP contribution in [0.2, 0.25) is 0 Å². The predicted molar refractivity (Wildman–Crippen MR) is 93.9 cm³/mol. The number of aryl methyl sites for hydroxylation is 1. The number of carbonyl (C=O) groups is 2. The van der Waals surface area contributed by atoms with E-state index in [-0.39, 0.29) is 11.9 Å². The Morgan fingerprint density at radius 3 is 2.50 bits per heavy atom. The minimum absolute atomic E-state index is 0.0976. The number of hydrogen-bond donors (Lipinski definition) is 2. The second kappa shape index (κ2) is 7.66. The Balaban J connectivity index is 1.40. The van der Waals surface area contributed by atoms with Gasteiger partial charge in [-0.2, -0.15) is 0 Å². The van der Waals surface area contributed by atoms with Gasteiger partial charge in [0.2, 0.25) is 5.91 Å². The molecule has 1 aromatic rings. The average Bonchev–Trinajstić information content (AvgIpc) is 3.39. The Morgan fingerprint density at radius 1 is 1.12 bits per heavy atom. The SMILES string of the molecule is Cc1cccc(NC(=O)N2CCN(C(=O)CNCC3CC3)CC2)c1. The third-order valence-corrected chi connectivity index (χ3v) is 4.60. The molecule has 0 bridgehead atoms. The number of nitrogens with one attached hydrogen (secondary N) is 2. The van der Waals surface area contributed by atoms with Gasteiger partial charge in [0.1, 0.15) is 0 Å². The molecule has 1 heterocycles. The third kappa shape index (κ3) is 4.71. The number of hydrogen-bond acceptors (Lipinski definition) is 3. The molecule has 0 atom stereocenters. The van der Waals surface area contributed by atoms with Gasteiger partial charge in [-0.25, -0.2) is 4.79 Å². The van der Waals surface area contributed by atoms with Gasteiger partial charge in [0.05, 0.1) is 6.54 Å². The number of piperazine rings is 1. The Hall–Kier alpha value is -2.08. The first kappa shape index (κ1) is 16.8. The van der Waals surface area contributed by atoms with Crippen LogP contribution in [0.3, 0.4) is 0 Å². The quantitative estimate of drug-likeness (QED) is 0.863. The summed E-state index contributed by atoms with van der Waals surface area (Å²) in [5, 5.41) is 6.15. The molecule has 0 radical (unpaired) electrons. The molecule has 1 aliphatic carbocycles. The molecule has 24 heavy (non-hydrogen) atoms. The van der Waals surface area contributed by atoms with Crippen LogP contribution in [0.1, 0.15) is 18.4 Å². The Bertz CT molecular complexity index is 592. The van der Waals surface area contributed by atoms with Crippen molar-refractivity contribution in [3.8, 4) is 0 Å². The molecule has 3 rings (SSSR count). The highest BCUT2D eigenvalue weighted by molar-refractivity contribution is 5.89. The summed E-state index contributed by atoms with van der Waals surface area (Å²) in [6.07, 6.45) is 2.58. The Kier molecular flexibility index (Phi) is 5.35. The largest absolute Gasteiger partial charge is 0.338 e. The maximum Gasteiger partial charge on any atom is 0.321 e. The highest BCUT2D eigenvalue weighted by atomic mass is 16.2. The topological polar surface area (TPSA) is 64.7 Å². The summed E-state index contributed by atoms with van der Waals surface area (Å²) in [6.45, 7) is 5.71. The summed E-state index contributed by atoms with van der Waals surface area (Å²) in [6, 6.07) is 7.66. The average molecular weight is 330 g/mol. The molecule has 3 amide bonds. The van der Waals surface area contributed by atoms with Crippen molar-refractivity contribution in [3.63, 3.8) is 0 Å². The normalized spacial score (nSPS) is 17.7. The summed E-state index contributed by atoms with van der Waals surface area (Å²) in [7, 11) is 0. The van der Waals surface area contributed by atoms with E-state index >= 15 is 0 Å². The zero-order valence-electron chi connectivity index (χ0n) is 14.3. The van der Waals surface area contributed by atoms with Crippen molar-refractivity contribution in [1.29, 1.82) is 0 Å². The molecule has 2 N–H and O–H groups in total. The maximum atomic E-state index is 12.3. The molecule has 0 aromatic heterocycles. The predicted octanol–water partition coefficient (Wildman–Crippen LogP) is 1.67. The maximum absolute atomic E-state index is 12.3. The summed E-state index contributed by atoms with van der Waals surface area (Å²) in [5.41, 5.74) is 1.92. The van der Waals surface area contributed by atoms with E-state index in [2.05, 4.69) is 10.6 Å².